The largest absolute Gasteiger partial charge is 0.241 e. The minimum atomic E-state index is 0.932. The molecule has 75 valence electrons. The summed E-state index contributed by atoms with van der Waals surface area (Å²) in [5.74, 6) is 3.85. The highest BCUT2D eigenvalue weighted by Crippen LogP contribution is 2.43. The van der Waals surface area contributed by atoms with Crippen molar-refractivity contribution in [2.75, 3.05) is 13.1 Å². The number of hydrogen-bond donors (Lipinski definition) is 0. The fraction of sp³-hybridized carbons (Fsp3) is 1.00. The van der Waals surface area contributed by atoms with Crippen LogP contribution in [0.2, 0.25) is 0 Å². The Morgan fingerprint density at radius 3 is 2.23 bits per heavy atom. The van der Waals surface area contributed by atoms with Gasteiger partial charge in [0.25, 0.3) is 0 Å². The summed E-state index contributed by atoms with van der Waals surface area (Å²) in [7, 11) is 0. The minimum Gasteiger partial charge on any atom is -0.241 e. The van der Waals surface area contributed by atoms with Crippen molar-refractivity contribution in [1.82, 2.24) is 5.32 Å². The summed E-state index contributed by atoms with van der Waals surface area (Å²) in [5, 5.41) is 4.57. The molecule has 3 atom stereocenters. The molecule has 13 heavy (non-hydrogen) atoms. The Morgan fingerprint density at radius 2 is 1.69 bits per heavy atom. The molecule has 1 aliphatic heterocycles. The molecule has 0 amide bonds. The first-order valence-electron chi connectivity index (χ1n) is 5.92. The first-order chi connectivity index (χ1) is 6.29. The van der Waals surface area contributed by atoms with E-state index in [-0.39, 0.29) is 0 Å². The quantitative estimate of drug-likeness (QED) is 0.589. The van der Waals surface area contributed by atoms with Crippen LogP contribution in [-0.4, -0.2) is 13.1 Å². The molecule has 0 aromatic rings. The van der Waals surface area contributed by atoms with Crippen LogP contribution < -0.4 is 5.32 Å². The third-order valence-corrected chi connectivity index (χ3v) is 4.19. The Labute approximate surface area is 82.3 Å². The third-order valence-electron chi connectivity index (χ3n) is 4.19. The lowest BCUT2D eigenvalue weighted by Crippen LogP contribution is -2.33. The van der Waals surface area contributed by atoms with E-state index in [1.165, 1.54) is 32.2 Å². The van der Waals surface area contributed by atoms with Crippen molar-refractivity contribution in [2.45, 2.75) is 39.5 Å². The summed E-state index contributed by atoms with van der Waals surface area (Å²) < 4.78 is 0. The molecule has 3 unspecified atom stereocenters. The summed E-state index contributed by atoms with van der Waals surface area (Å²) in [6.45, 7) is 7.19. The molecule has 2 aliphatic rings. The van der Waals surface area contributed by atoms with Crippen molar-refractivity contribution in [3.8, 4) is 0 Å². The maximum absolute atomic E-state index is 4.57. The molecule has 1 saturated carbocycles. The maximum atomic E-state index is 4.57. The van der Waals surface area contributed by atoms with Gasteiger partial charge in [-0.15, -0.1) is 0 Å². The molecule has 0 aromatic carbocycles. The molecular formula is C12H22N. The smallest absolute Gasteiger partial charge is 0.0164 e. The van der Waals surface area contributed by atoms with E-state index in [1.54, 1.807) is 0 Å². The molecule has 1 heterocycles. The van der Waals surface area contributed by atoms with E-state index in [1.807, 2.05) is 0 Å². The number of rotatable bonds is 1. The molecule has 0 spiro atoms. The van der Waals surface area contributed by atoms with E-state index < -0.39 is 0 Å². The summed E-state index contributed by atoms with van der Waals surface area (Å²) in [6.07, 6.45) is 5.72. The van der Waals surface area contributed by atoms with Gasteiger partial charge in [-0.1, -0.05) is 26.7 Å². The summed E-state index contributed by atoms with van der Waals surface area (Å²) in [5.41, 5.74) is 0. The summed E-state index contributed by atoms with van der Waals surface area (Å²) in [6, 6.07) is 0. The number of piperidine rings is 1. The third kappa shape index (κ3) is 1.90. The zero-order valence-electron chi connectivity index (χ0n) is 9.00. The van der Waals surface area contributed by atoms with Gasteiger partial charge in [-0.3, -0.25) is 0 Å². The van der Waals surface area contributed by atoms with Crippen LogP contribution in [-0.2, 0) is 0 Å². The van der Waals surface area contributed by atoms with Crippen LogP contribution in [0.5, 0.6) is 0 Å². The van der Waals surface area contributed by atoms with Crippen molar-refractivity contribution >= 4 is 0 Å². The highest BCUT2D eigenvalue weighted by Gasteiger charge is 2.36. The molecule has 2 rings (SSSR count). The highest BCUT2D eigenvalue weighted by atomic mass is 14.9. The molecule has 1 radical (unpaired) electrons. The van der Waals surface area contributed by atoms with E-state index >= 15 is 0 Å². The lowest BCUT2D eigenvalue weighted by molar-refractivity contribution is 0.184. The zero-order valence-corrected chi connectivity index (χ0v) is 9.00. The molecule has 1 saturated heterocycles. The Morgan fingerprint density at radius 1 is 1.00 bits per heavy atom. The van der Waals surface area contributed by atoms with Gasteiger partial charge in [0.05, 0.1) is 0 Å². The van der Waals surface area contributed by atoms with Gasteiger partial charge >= 0.3 is 0 Å². The Bertz CT molecular complexity index is 151. The second-order valence-corrected chi connectivity index (χ2v) is 5.14. The van der Waals surface area contributed by atoms with Gasteiger partial charge in [-0.05, 0) is 36.5 Å². The normalized spacial score (nSPS) is 46.6. The zero-order chi connectivity index (χ0) is 9.26. The molecule has 1 aliphatic carbocycles. The van der Waals surface area contributed by atoms with Crippen molar-refractivity contribution in [3.63, 3.8) is 0 Å². The summed E-state index contributed by atoms with van der Waals surface area (Å²) >= 11 is 0. The Kier molecular flexibility index (Phi) is 2.92. The fourth-order valence-corrected chi connectivity index (χ4v) is 3.53. The molecule has 0 N–H and O–H groups in total. The van der Waals surface area contributed by atoms with Gasteiger partial charge in [-0.25, -0.2) is 5.32 Å². The lowest BCUT2D eigenvalue weighted by atomic mass is 9.77. The Balaban J connectivity index is 1.96. The lowest BCUT2D eigenvalue weighted by Gasteiger charge is -2.32. The Hall–Kier alpha value is -0.0400. The predicted molar refractivity (Wildman–Crippen MR) is 55.6 cm³/mol. The van der Waals surface area contributed by atoms with Gasteiger partial charge in [0.15, 0.2) is 0 Å². The summed E-state index contributed by atoms with van der Waals surface area (Å²) in [4.78, 5) is 0. The SMILES string of the molecule is CC1CCC(C)C1C1CCC[N]C1. The molecular weight excluding hydrogens is 158 g/mol. The van der Waals surface area contributed by atoms with E-state index in [4.69, 9.17) is 0 Å². The van der Waals surface area contributed by atoms with Crippen molar-refractivity contribution in [2.24, 2.45) is 23.7 Å². The average Bonchev–Trinajstić information content (AvgIpc) is 2.48. The second kappa shape index (κ2) is 4.00. The first-order valence-corrected chi connectivity index (χ1v) is 5.92. The first kappa shape index (κ1) is 9.51. The van der Waals surface area contributed by atoms with E-state index in [9.17, 15) is 0 Å². The standard InChI is InChI=1S/C12H22N/c1-9-5-6-10(2)12(9)11-4-3-7-13-8-11/h9-12H,3-8H2,1-2H3. The average molecular weight is 180 g/mol. The van der Waals surface area contributed by atoms with Crippen LogP contribution in [0.15, 0.2) is 0 Å². The van der Waals surface area contributed by atoms with Crippen molar-refractivity contribution < 1.29 is 0 Å². The topological polar surface area (TPSA) is 14.1 Å². The fourth-order valence-electron chi connectivity index (χ4n) is 3.53. The van der Waals surface area contributed by atoms with E-state index in [0.29, 0.717) is 0 Å². The van der Waals surface area contributed by atoms with Crippen LogP contribution >= 0.6 is 0 Å². The molecule has 0 bridgehead atoms. The van der Waals surface area contributed by atoms with E-state index in [0.717, 1.165) is 30.2 Å². The maximum Gasteiger partial charge on any atom is 0.0164 e. The molecule has 0 aromatic heterocycles. The highest BCUT2D eigenvalue weighted by molar-refractivity contribution is 4.87. The van der Waals surface area contributed by atoms with Crippen LogP contribution in [0, 0.1) is 23.7 Å². The van der Waals surface area contributed by atoms with Gasteiger partial charge in [-0.2, -0.15) is 0 Å². The van der Waals surface area contributed by atoms with Crippen LogP contribution in [0.1, 0.15) is 39.5 Å². The molecule has 1 heteroatoms. The predicted octanol–water partition coefficient (Wildman–Crippen LogP) is 2.68. The monoisotopic (exact) mass is 180 g/mol. The van der Waals surface area contributed by atoms with Crippen LogP contribution in [0.4, 0.5) is 0 Å². The van der Waals surface area contributed by atoms with Crippen molar-refractivity contribution in [1.29, 1.82) is 0 Å². The number of nitrogens with zero attached hydrogens (tertiary/aromatic N) is 1. The van der Waals surface area contributed by atoms with Gasteiger partial charge in [0, 0.05) is 13.1 Å². The van der Waals surface area contributed by atoms with Crippen LogP contribution in [0.25, 0.3) is 0 Å². The van der Waals surface area contributed by atoms with E-state index in [2.05, 4.69) is 19.2 Å². The molecule has 2 fully saturated rings. The van der Waals surface area contributed by atoms with Gasteiger partial charge < -0.3 is 0 Å². The van der Waals surface area contributed by atoms with Crippen LogP contribution in [0.3, 0.4) is 0 Å². The number of hydrogen-bond acceptors (Lipinski definition) is 0. The van der Waals surface area contributed by atoms with Gasteiger partial charge in [0.1, 0.15) is 0 Å². The van der Waals surface area contributed by atoms with Crippen molar-refractivity contribution in [3.05, 3.63) is 0 Å². The molecule has 1 nitrogen and oxygen atoms in total. The minimum absolute atomic E-state index is 0.932. The van der Waals surface area contributed by atoms with Gasteiger partial charge in [0.2, 0.25) is 0 Å². The second-order valence-electron chi connectivity index (χ2n) is 5.14.